The van der Waals surface area contributed by atoms with Crippen molar-refractivity contribution < 1.29 is 41.3 Å². The van der Waals surface area contributed by atoms with Crippen LogP contribution >= 0.6 is 0 Å². The minimum Gasteiger partial charge on any atom is -0.392 e. The molecule has 2 aliphatic rings. The lowest BCUT2D eigenvalue weighted by molar-refractivity contribution is -0.253. The van der Waals surface area contributed by atoms with Gasteiger partial charge in [-0.2, -0.15) is 0 Å². The molecule has 0 bridgehead atoms. The quantitative estimate of drug-likeness (QED) is 0.150. The third-order valence-electron chi connectivity index (χ3n) is 8.14. The average molecular weight is 656 g/mol. The highest BCUT2D eigenvalue weighted by molar-refractivity contribution is 6.04. The molecule has 9 nitrogen and oxygen atoms in total. The number of anilines is 2. The number of hydrogen-bond donors (Lipinski definition) is 2. The van der Waals surface area contributed by atoms with Crippen LogP contribution in [0.15, 0.2) is 67.0 Å². The molecule has 3 atom stereocenters. The van der Waals surface area contributed by atoms with E-state index in [1.807, 2.05) is 12.1 Å². The number of aliphatic hydroxyl groups is 1. The fourth-order valence-electron chi connectivity index (χ4n) is 5.67. The molecule has 3 heterocycles. The fourth-order valence-corrected chi connectivity index (χ4v) is 5.67. The summed E-state index contributed by atoms with van der Waals surface area (Å²) >= 11 is 0. The molecule has 14 heteroatoms. The smallest absolute Gasteiger partial charge is 0.261 e. The molecular weight excluding hydrogens is 625 g/mol. The van der Waals surface area contributed by atoms with Gasteiger partial charge in [0.05, 0.1) is 18.8 Å². The summed E-state index contributed by atoms with van der Waals surface area (Å²) in [6, 6.07) is 15.2. The number of nitrogens with one attached hydrogen (secondary N) is 1. The second-order valence-corrected chi connectivity index (χ2v) is 11.2. The topological polar surface area (TPSA) is 100 Å². The Labute approximate surface area is 266 Å². The van der Waals surface area contributed by atoms with Crippen molar-refractivity contribution in [3.63, 3.8) is 0 Å². The number of nitrogens with zero attached hydrogens (tertiary/aromatic N) is 4. The Kier molecular flexibility index (Phi) is 9.73. The van der Waals surface area contributed by atoms with Crippen molar-refractivity contribution in [1.82, 2.24) is 14.9 Å². The average Bonchev–Trinajstić information content (AvgIpc) is 3.10. The number of carbonyl (C=O) groups excluding carboxylic acids is 1. The first-order valence-electron chi connectivity index (χ1n) is 14.9. The van der Waals surface area contributed by atoms with Crippen LogP contribution in [-0.4, -0.2) is 64.7 Å². The monoisotopic (exact) mass is 655 g/mol. The SMILES string of the molecule is O=C(Nc1cccc([C@@H]2O[C@H](CN3CCN(c4ncccn4)CC3)C[C@H](c3ccc(CO)cc3)O2)c1)c1c(F)c(F)c(F)c(F)c1F. The number of rotatable bonds is 8. The van der Waals surface area contributed by atoms with E-state index in [9.17, 15) is 31.9 Å². The zero-order chi connectivity index (χ0) is 33.1. The summed E-state index contributed by atoms with van der Waals surface area (Å²) in [6.45, 7) is 3.44. The largest absolute Gasteiger partial charge is 0.392 e. The van der Waals surface area contributed by atoms with Crippen LogP contribution in [0.25, 0.3) is 0 Å². The molecule has 0 radical (unpaired) electrons. The van der Waals surface area contributed by atoms with Gasteiger partial charge in [0.25, 0.3) is 5.91 Å². The van der Waals surface area contributed by atoms with Gasteiger partial charge in [0.2, 0.25) is 11.8 Å². The van der Waals surface area contributed by atoms with Crippen LogP contribution in [0.4, 0.5) is 33.6 Å². The number of amides is 1. The maximum atomic E-state index is 14.3. The van der Waals surface area contributed by atoms with Crippen molar-refractivity contribution in [3.8, 4) is 0 Å². The van der Waals surface area contributed by atoms with Gasteiger partial charge in [-0.25, -0.2) is 31.9 Å². The van der Waals surface area contributed by atoms with E-state index in [1.165, 1.54) is 18.2 Å². The Bertz CT molecular complexity index is 1700. The molecule has 3 aromatic carbocycles. The predicted octanol–water partition coefficient (Wildman–Crippen LogP) is 5.28. The van der Waals surface area contributed by atoms with Gasteiger partial charge in [-0.15, -0.1) is 0 Å². The Morgan fingerprint density at radius 2 is 1.49 bits per heavy atom. The van der Waals surface area contributed by atoms with E-state index < -0.39 is 53.0 Å². The molecule has 1 aromatic heterocycles. The molecule has 2 N–H and O–H groups in total. The summed E-state index contributed by atoms with van der Waals surface area (Å²) in [7, 11) is 0. The molecular formula is C33H30F5N5O4. The highest BCUT2D eigenvalue weighted by Crippen LogP contribution is 2.39. The lowest BCUT2D eigenvalue weighted by atomic mass is 9.99. The van der Waals surface area contributed by atoms with Crippen molar-refractivity contribution in [2.45, 2.75) is 31.5 Å². The van der Waals surface area contributed by atoms with Gasteiger partial charge in [-0.1, -0.05) is 36.4 Å². The van der Waals surface area contributed by atoms with Gasteiger partial charge in [0.15, 0.2) is 29.6 Å². The molecule has 246 valence electrons. The molecule has 0 spiro atoms. The first kappa shape index (κ1) is 32.4. The number of carbonyl (C=O) groups is 1. The van der Waals surface area contributed by atoms with Crippen molar-refractivity contribution in [2.75, 3.05) is 42.9 Å². The molecule has 1 amide bonds. The minimum absolute atomic E-state index is 0.0221. The Balaban J connectivity index is 1.20. The van der Waals surface area contributed by atoms with E-state index in [2.05, 4.69) is 25.1 Å². The predicted molar refractivity (Wildman–Crippen MR) is 160 cm³/mol. The first-order valence-corrected chi connectivity index (χ1v) is 14.9. The van der Waals surface area contributed by atoms with Crippen molar-refractivity contribution in [1.29, 1.82) is 0 Å². The van der Waals surface area contributed by atoms with Gasteiger partial charge >= 0.3 is 0 Å². The molecule has 47 heavy (non-hydrogen) atoms. The number of ether oxygens (including phenoxy) is 2. The van der Waals surface area contributed by atoms with Crippen LogP contribution < -0.4 is 10.2 Å². The Hall–Kier alpha value is -4.50. The van der Waals surface area contributed by atoms with Gasteiger partial charge < -0.3 is 24.8 Å². The molecule has 2 saturated heterocycles. The highest BCUT2D eigenvalue weighted by atomic mass is 19.2. The molecule has 0 unspecified atom stereocenters. The maximum absolute atomic E-state index is 14.3. The van der Waals surface area contributed by atoms with E-state index >= 15 is 0 Å². The number of hydrogen-bond acceptors (Lipinski definition) is 8. The van der Waals surface area contributed by atoms with E-state index in [1.54, 1.807) is 36.7 Å². The molecule has 2 fully saturated rings. The molecule has 4 aromatic rings. The summed E-state index contributed by atoms with van der Waals surface area (Å²) in [5.74, 6) is -12.1. The summed E-state index contributed by atoms with van der Waals surface area (Å²) in [6.07, 6.45) is 2.31. The van der Waals surface area contributed by atoms with Crippen LogP contribution in [-0.2, 0) is 16.1 Å². The molecule has 2 aliphatic heterocycles. The van der Waals surface area contributed by atoms with Gasteiger partial charge in [0, 0.05) is 62.8 Å². The number of piperazine rings is 1. The minimum atomic E-state index is -2.35. The zero-order valence-corrected chi connectivity index (χ0v) is 24.9. The lowest BCUT2D eigenvalue weighted by Crippen LogP contribution is -2.50. The second kappa shape index (κ2) is 14.1. The number of halogens is 5. The van der Waals surface area contributed by atoms with Gasteiger partial charge in [-0.3, -0.25) is 9.69 Å². The Morgan fingerprint density at radius 1 is 0.830 bits per heavy atom. The fraction of sp³-hybridized carbons (Fsp3) is 0.303. The third kappa shape index (κ3) is 7.10. The standard InChI is InChI=1S/C33H30F5N5O4/c34-26-25(27(35)29(37)30(38)28(26)36)31(45)41-22-4-1-3-21(15-22)32-46-23(16-24(47-32)20-7-5-19(18-44)6-8-20)17-42-11-13-43(14-12-42)33-39-9-2-10-40-33/h1-10,15,23-24,32,44H,11-14,16-18H2,(H,41,45)/t23-,24+,32+/m0/s1. The maximum Gasteiger partial charge on any atom is 0.261 e. The molecule has 6 rings (SSSR count). The van der Waals surface area contributed by atoms with Crippen molar-refractivity contribution in [2.24, 2.45) is 0 Å². The van der Waals surface area contributed by atoms with Gasteiger partial charge in [-0.05, 0) is 29.3 Å². The van der Waals surface area contributed by atoms with Gasteiger partial charge in [0.1, 0.15) is 5.56 Å². The highest BCUT2D eigenvalue weighted by Gasteiger charge is 2.35. The van der Waals surface area contributed by atoms with E-state index in [0.29, 0.717) is 24.5 Å². The number of aromatic nitrogens is 2. The summed E-state index contributed by atoms with van der Waals surface area (Å²) < 4.78 is 82.3. The summed E-state index contributed by atoms with van der Waals surface area (Å²) in [5, 5.41) is 11.7. The normalized spacial score (nSPS) is 20.3. The van der Waals surface area contributed by atoms with Crippen LogP contribution in [0.3, 0.4) is 0 Å². The molecule has 0 saturated carbocycles. The number of aliphatic hydroxyl groups excluding tert-OH is 1. The lowest BCUT2D eigenvalue weighted by Gasteiger charge is -2.40. The van der Waals surface area contributed by atoms with Crippen LogP contribution in [0.1, 0.15) is 45.9 Å². The third-order valence-corrected chi connectivity index (χ3v) is 8.14. The van der Waals surface area contributed by atoms with Crippen molar-refractivity contribution in [3.05, 3.63) is 118 Å². The molecule has 0 aliphatic carbocycles. The number of benzene rings is 3. The summed E-state index contributed by atoms with van der Waals surface area (Å²) in [4.78, 5) is 25.7. The van der Waals surface area contributed by atoms with Crippen LogP contribution in [0.2, 0.25) is 0 Å². The zero-order valence-electron chi connectivity index (χ0n) is 24.9. The van der Waals surface area contributed by atoms with E-state index in [4.69, 9.17) is 9.47 Å². The van der Waals surface area contributed by atoms with Crippen molar-refractivity contribution >= 4 is 17.5 Å². The Morgan fingerprint density at radius 3 is 2.15 bits per heavy atom. The summed E-state index contributed by atoms with van der Waals surface area (Å²) in [5.41, 5.74) is 0.484. The van der Waals surface area contributed by atoms with Crippen LogP contribution in [0, 0.1) is 29.1 Å². The van der Waals surface area contributed by atoms with E-state index in [0.717, 1.165) is 37.3 Å². The van der Waals surface area contributed by atoms with Crippen LogP contribution in [0.5, 0.6) is 0 Å². The van der Waals surface area contributed by atoms with E-state index in [-0.39, 0.29) is 18.4 Å². The first-order chi connectivity index (χ1) is 22.7. The second-order valence-electron chi connectivity index (χ2n) is 11.2.